The number of hydrogen-bond donors (Lipinski definition) is 1. The molecule has 0 heterocycles. The van der Waals surface area contributed by atoms with Gasteiger partial charge in [0.25, 0.3) is 0 Å². The second-order valence-electron chi connectivity index (χ2n) is 5.81. The van der Waals surface area contributed by atoms with Crippen LogP contribution in [0.4, 0.5) is 0 Å². The summed E-state index contributed by atoms with van der Waals surface area (Å²) in [5, 5.41) is 3.52. The van der Waals surface area contributed by atoms with Gasteiger partial charge in [0.2, 0.25) is 0 Å². The Morgan fingerprint density at radius 2 is 1.94 bits per heavy atom. The first-order valence-electron chi connectivity index (χ1n) is 6.81. The highest BCUT2D eigenvalue weighted by molar-refractivity contribution is 5.42. The first kappa shape index (κ1) is 15.0. The van der Waals surface area contributed by atoms with Gasteiger partial charge in [0, 0.05) is 23.6 Å². The first-order chi connectivity index (χ1) is 8.40. The van der Waals surface area contributed by atoms with Crippen molar-refractivity contribution < 1.29 is 4.74 Å². The van der Waals surface area contributed by atoms with E-state index in [0.29, 0.717) is 6.04 Å². The van der Waals surface area contributed by atoms with Gasteiger partial charge in [0.05, 0.1) is 7.11 Å². The minimum absolute atomic E-state index is 0.0702. The van der Waals surface area contributed by atoms with E-state index < -0.39 is 0 Å². The van der Waals surface area contributed by atoms with Crippen LogP contribution >= 0.6 is 0 Å². The summed E-state index contributed by atoms with van der Waals surface area (Å²) in [7, 11) is 1.75. The van der Waals surface area contributed by atoms with Crippen molar-refractivity contribution in [3.8, 4) is 5.75 Å². The Morgan fingerprint density at radius 1 is 1.28 bits per heavy atom. The number of ether oxygens (including phenoxy) is 1. The lowest BCUT2D eigenvalue weighted by Gasteiger charge is -2.29. The van der Waals surface area contributed by atoms with Crippen LogP contribution in [0.3, 0.4) is 0 Å². The monoisotopic (exact) mass is 249 g/mol. The molecule has 1 aromatic carbocycles. The van der Waals surface area contributed by atoms with Crippen LogP contribution in [0.5, 0.6) is 5.75 Å². The van der Waals surface area contributed by atoms with E-state index in [1.165, 1.54) is 11.1 Å². The summed E-state index contributed by atoms with van der Waals surface area (Å²) in [6.07, 6.45) is 1.06. The van der Waals surface area contributed by atoms with E-state index in [-0.39, 0.29) is 5.41 Å². The summed E-state index contributed by atoms with van der Waals surface area (Å²) < 4.78 is 5.51. The second kappa shape index (κ2) is 6.24. The Hall–Kier alpha value is -1.02. The highest BCUT2D eigenvalue weighted by Gasteiger charge is 2.24. The first-order valence-corrected chi connectivity index (χ1v) is 6.81. The number of aryl methyl sites for hydroxylation is 1. The Labute approximate surface area is 112 Å². The van der Waals surface area contributed by atoms with Gasteiger partial charge in [-0.05, 0) is 18.1 Å². The molecule has 1 rings (SSSR count). The van der Waals surface area contributed by atoms with Gasteiger partial charge in [-0.2, -0.15) is 0 Å². The lowest BCUT2D eigenvalue weighted by molar-refractivity contribution is 0.380. The Morgan fingerprint density at radius 3 is 2.44 bits per heavy atom. The number of benzene rings is 1. The molecule has 0 radical (unpaired) electrons. The van der Waals surface area contributed by atoms with E-state index in [4.69, 9.17) is 4.74 Å². The van der Waals surface area contributed by atoms with Gasteiger partial charge in [-0.3, -0.25) is 0 Å². The molecule has 1 aromatic rings. The van der Waals surface area contributed by atoms with Gasteiger partial charge < -0.3 is 10.1 Å². The quantitative estimate of drug-likeness (QED) is 0.832. The van der Waals surface area contributed by atoms with E-state index in [0.717, 1.165) is 18.7 Å². The molecule has 102 valence electrons. The van der Waals surface area contributed by atoms with Crippen molar-refractivity contribution in [1.82, 2.24) is 5.32 Å². The summed E-state index contributed by atoms with van der Waals surface area (Å²) >= 11 is 0. The lowest BCUT2D eigenvalue weighted by atomic mass is 9.82. The zero-order valence-corrected chi connectivity index (χ0v) is 12.6. The van der Waals surface area contributed by atoms with Crippen molar-refractivity contribution in [3.63, 3.8) is 0 Å². The van der Waals surface area contributed by atoms with Crippen LogP contribution in [0, 0.1) is 0 Å². The molecular weight excluding hydrogens is 222 g/mol. The van der Waals surface area contributed by atoms with Gasteiger partial charge in [-0.1, -0.05) is 46.8 Å². The van der Waals surface area contributed by atoms with Crippen molar-refractivity contribution in [3.05, 3.63) is 29.3 Å². The third-order valence-corrected chi connectivity index (χ3v) is 3.35. The standard InChI is InChI=1S/C16H27NO/c1-7-13-8-9-15(18-6)14(10-13)16(4,5)11-17-12(2)3/h8-10,12,17H,7,11H2,1-6H3. The molecule has 0 atom stereocenters. The number of hydrogen-bond acceptors (Lipinski definition) is 2. The Kier molecular flexibility index (Phi) is 5.21. The molecule has 2 heteroatoms. The molecule has 0 saturated heterocycles. The van der Waals surface area contributed by atoms with Gasteiger partial charge >= 0.3 is 0 Å². The van der Waals surface area contributed by atoms with Crippen molar-refractivity contribution in [1.29, 1.82) is 0 Å². The highest BCUT2D eigenvalue weighted by atomic mass is 16.5. The molecule has 0 fully saturated rings. The SMILES string of the molecule is CCc1ccc(OC)c(C(C)(C)CNC(C)C)c1. The van der Waals surface area contributed by atoms with E-state index >= 15 is 0 Å². The third-order valence-electron chi connectivity index (χ3n) is 3.35. The molecule has 0 aliphatic carbocycles. The molecule has 0 unspecified atom stereocenters. The molecule has 0 spiro atoms. The summed E-state index contributed by atoms with van der Waals surface area (Å²) in [6.45, 7) is 12.0. The van der Waals surface area contributed by atoms with Gasteiger partial charge in [-0.15, -0.1) is 0 Å². The van der Waals surface area contributed by atoms with Crippen LogP contribution < -0.4 is 10.1 Å². The van der Waals surface area contributed by atoms with E-state index in [2.05, 4.69) is 58.1 Å². The van der Waals surface area contributed by atoms with Crippen molar-refractivity contribution in [2.45, 2.75) is 52.5 Å². The molecule has 0 amide bonds. The fraction of sp³-hybridized carbons (Fsp3) is 0.625. The highest BCUT2D eigenvalue weighted by Crippen LogP contribution is 2.32. The van der Waals surface area contributed by atoms with Crippen LogP contribution in [-0.2, 0) is 11.8 Å². The van der Waals surface area contributed by atoms with Crippen molar-refractivity contribution in [2.75, 3.05) is 13.7 Å². The third kappa shape index (κ3) is 3.74. The molecule has 2 nitrogen and oxygen atoms in total. The van der Waals surface area contributed by atoms with Crippen LogP contribution in [0.2, 0.25) is 0 Å². The summed E-state index contributed by atoms with van der Waals surface area (Å²) in [6, 6.07) is 7.02. The summed E-state index contributed by atoms with van der Waals surface area (Å²) in [5.74, 6) is 0.989. The van der Waals surface area contributed by atoms with Gasteiger partial charge in [0.15, 0.2) is 0 Å². The number of nitrogens with one attached hydrogen (secondary N) is 1. The largest absolute Gasteiger partial charge is 0.496 e. The molecule has 0 saturated carbocycles. The molecule has 18 heavy (non-hydrogen) atoms. The molecule has 0 bridgehead atoms. The second-order valence-corrected chi connectivity index (χ2v) is 5.81. The fourth-order valence-electron chi connectivity index (χ4n) is 2.06. The van der Waals surface area contributed by atoms with Gasteiger partial charge in [0.1, 0.15) is 5.75 Å². The number of methoxy groups -OCH3 is 1. The fourth-order valence-corrected chi connectivity index (χ4v) is 2.06. The Bertz CT molecular complexity index is 383. The van der Waals surface area contributed by atoms with Crippen LogP contribution in [0.15, 0.2) is 18.2 Å². The van der Waals surface area contributed by atoms with Crippen LogP contribution in [-0.4, -0.2) is 19.7 Å². The maximum absolute atomic E-state index is 5.51. The Balaban J connectivity index is 3.03. The average Bonchev–Trinajstić information content (AvgIpc) is 2.35. The molecule has 0 aliphatic heterocycles. The normalized spacial score (nSPS) is 11.9. The topological polar surface area (TPSA) is 21.3 Å². The number of rotatable bonds is 6. The zero-order chi connectivity index (χ0) is 13.8. The molecule has 0 aromatic heterocycles. The summed E-state index contributed by atoms with van der Waals surface area (Å²) in [5.41, 5.74) is 2.72. The average molecular weight is 249 g/mol. The minimum atomic E-state index is 0.0702. The predicted molar refractivity (Wildman–Crippen MR) is 78.5 cm³/mol. The van der Waals surface area contributed by atoms with Gasteiger partial charge in [-0.25, -0.2) is 0 Å². The molecule has 1 N–H and O–H groups in total. The lowest BCUT2D eigenvalue weighted by Crippen LogP contribution is -2.36. The van der Waals surface area contributed by atoms with E-state index in [1.807, 2.05) is 0 Å². The van der Waals surface area contributed by atoms with Crippen LogP contribution in [0.25, 0.3) is 0 Å². The predicted octanol–water partition coefficient (Wildman–Crippen LogP) is 3.53. The van der Waals surface area contributed by atoms with E-state index in [1.54, 1.807) is 7.11 Å². The maximum atomic E-state index is 5.51. The minimum Gasteiger partial charge on any atom is -0.496 e. The van der Waals surface area contributed by atoms with Crippen molar-refractivity contribution in [2.24, 2.45) is 0 Å². The summed E-state index contributed by atoms with van der Waals surface area (Å²) in [4.78, 5) is 0. The van der Waals surface area contributed by atoms with E-state index in [9.17, 15) is 0 Å². The van der Waals surface area contributed by atoms with Crippen molar-refractivity contribution >= 4 is 0 Å². The zero-order valence-electron chi connectivity index (χ0n) is 12.6. The smallest absolute Gasteiger partial charge is 0.122 e. The maximum Gasteiger partial charge on any atom is 0.122 e. The van der Waals surface area contributed by atoms with Crippen LogP contribution in [0.1, 0.15) is 45.7 Å². The molecule has 0 aliphatic rings. The molecular formula is C16H27NO.